The maximum absolute atomic E-state index is 12.6. The molecule has 1 amide bonds. The van der Waals surface area contributed by atoms with Crippen molar-refractivity contribution in [3.8, 4) is 0 Å². The van der Waals surface area contributed by atoms with Gasteiger partial charge in [0.25, 0.3) is 5.91 Å². The summed E-state index contributed by atoms with van der Waals surface area (Å²) in [6.07, 6.45) is 0.0778. The van der Waals surface area contributed by atoms with Gasteiger partial charge in [-0.05, 0) is 38.1 Å². The number of benzene rings is 1. The minimum absolute atomic E-state index is 0.0139. The summed E-state index contributed by atoms with van der Waals surface area (Å²) < 4.78 is 5.56. The number of H-pyrrole nitrogens is 1. The third kappa shape index (κ3) is 2.41. The lowest BCUT2D eigenvalue weighted by molar-refractivity contribution is -0.0388. The number of rotatable bonds is 1. The summed E-state index contributed by atoms with van der Waals surface area (Å²) in [5.74, 6) is 0.0139. The number of carbonyl (C=O) groups excluding carboxylic acids is 1. The molecule has 1 aromatic carbocycles. The van der Waals surface area contributed by atoms with Crippen LogP contribution in [0.25, 0.3) is 10.9 Å². The normalized spacial score (nSPS) is 23.2. The Kier molecular flexibility index (Phi) is 3.44. The Bertz CT molecular complexity index is 652. The van der Waals surface area contributed by atoms with Gasteiger partial charge in [-0.25, -0.2) is 0 Å². The first-order valence-corrected chi connectivity index (χ1v) is 7.13. The van der Waals surface area contributed by atoms with Gasteiger partial charge in [-0.2, -0.15) is 0 Å². The summed E-state index contributed by atoms with van der Waals surface area (Å²) in [4.78, 5) is 17.6. The Hall–Kier alpha value is -1.52. The lowest BCUT2D eigenvalue weighted by Crippen LogP contribution is -2.50. The number of aromatic amines is 1. The minimum atomic E-state index is 0.0139. The van der Waals surface area contributed by atoms with E-state index in [4.69, 9.17) is 16.3 Å². The van der Waals surface area contributed by atoms with E-state index >= 15 is 0 Å². The van der Waals surface area contributed by atoms with Crippen LogP contribution >= 0.6 is 11.6 Å². The van der Waals surface area contributed by atoms with Crippen LogP contribution in [0.4, 0.5) is 0 Å². The molecule has 3 rings (SSSR count). The Morgan fingerprint density at radius 1 is 1.40 bits per heavy atom. The zero-order chi connectivity index (χ0) is 14.3. The van der Waals surface area contributed by atoms with Crippen molar-refractivity contribution < 1.29 is 9.53 Å². The van der Waals surface area contributed by atoms with E-state index in [1.165, 1.54) is 0 Å². The third-order valence-corrected chi connectivity index (χ3v) is 3.92. The predicted molar refractivity (Wildman–Crippen MR) is 79.2 cm³/mol. The second-order valence-corrected chi connectivity index (χ2v) is 5.80. The van der Waals surface area contributed by atoms with Crippen molar-refractivity contribution in [1.82, 2.24) is 9.88 Å². The average molecular weight is 293 g/mol. The molecule has 4 nitrogen and oxygen atoms in total. The monoisotopic (exact) mass is 292 g/mol. The molecule has 1 aliphatic heterocycles. The highest BCUT2D eigenvalue weighted by molar-refractivity contribution is 6.31. The van der Waals surface area contributed by atoms with E-state index in [-0.39, 0.29) is 18.1 Å². The van der Waals surface area contributed by atoms with Crippen LogP contribution in [0, 0.1) is 0 Å². The first-order chi connectivity index (χ1) is 9.54. The highest BCUT2D eigenvalue weighted by Gasteiger charge is 2.29. The lowest BCUT2D eigenvalue weighted by Gasteiger charge is -2.36. The molecule has 2 atom stereocenters. The molecule has 0 spiro atoms. The molecule has 1 N–H and O–H groups in total. The molecule has 2 aromatic rings. The van der Waals surface area contributed by atoms with E-state index in [0.717, 1.165) is 10.9 Å². The molecule has 1 aromatic heterocycles. The summed E-state index contributed by atoms with van der Waals surface area (Å²) in [6, 6.07) is 7.51. The number of nitrogens with one attached hydrogen (secondary N) is 1. The van der Waals surface area contributed by atoms with Crippen molar-refractivity contribution in [3.63, 3.8) is 0 Å². The molecule has 0 aliphatic carbocycles. The Balaban J connectivity index is 1.91. The molecule has 2 heterocycles. The van der Waals surface area contributed by atoms with Gasteiger partial charge in [-0.1, -0.05) is 11.6 Å². The summed E-state index contributed by atoms with van der Waals surface area (Å²) in [6.45, 7) is 5.19. The summed E-state index contributed by atoms with van der Waals surface area (Å²) in [5.41, 5.74) is 1.52. The summed E-state index contributed by atoms with van der Waals surface area (Å²) >= 11 is 5.97. The maximum Gasteiger partial charge on any atom is 0.270 e. The molecule has 0 radical (unpaired) electrons. The predicted octanol–water partition coefficient (Wildman–Crippen LogP) is 3.07. The van der Waals surface area contributed by atoms with Crippen molar-refractivity contribution in [2.45, 2.75) is 26.0 Å². The van der Waals surface area contributed by atoms with Gasteiger partial charge in [-0.3, -0.25) is 4.79 Å². The minimum Gasteiger partial charge on any atom is -0.375 e. The molecule has 20 heavy (non-hydrogen) atoms. The van der Waals surface area contributed by atoms with E-state index in [1.54, 1.807) is 0 Å². The number of hydrogen-bond acceptors (Lipinski definition) is 2. The zero-order valence-electron chi connectivity index (χ0n) is 11.5. The fraction of sp³-hybridized carbons (Fsp3) is 0.400. The Morgan fingerprint density at radius 2 is 2.20 bits per heavy atom. The molecule has 0 bridgehead atoms. The van der Waals surface area contributed by atoms with Gasteiger partial charge >= 0.3 is 0 Å². The largest absolute Gasteiger partial charge is 0.375 e. The number of amides is 1. The SMILES string of the molecule is CC1CN(C(=O)c2cc3cc(Cl)ccc3[nH]2)C(C)CO1. The van der Waals surface area contributed by atoms with Gasteiger partial charge in [-0.15, -0.1) is 0 Å². The second-order valence-electron chi connectivity index (χ2n) is 5.37. The highest BCUT2D eigenvalue weighted by Crippen LogP contribution is 2.22. The highest BCUT2D eigenvalue weighted by atomic mass is 35.5. The lowest BCUT2D eigenvalue weighted by atomic mass is 10.2. The van der Waals surface area contributed by atoms with Gasteiger partial charge < -0.3 is 14.6 Å². The molecule has 5 heteroatoms. The summed E-state index contributed by atoms with van der Waals surface area (Å²) in [5, 5.41) is 1.62. The van der Waals surface area contributed by atoms with Gasteiger partial charge in [0.15, 0.2) is 0 Å². The van der Waals surface area contributed by atoms with Crippen molar-refractivity contribution in [3.05, 3.63) is 35.0 Å². The van der Waals surface area contributed by atoms with Gasteiger partial charge in [0, 0.05) is 22.5 Å². The average Bonchev–Trinajstić information content (AvgIpc) is 2.83. The number of fused-ring (bicyclic) bond motifs is 1. The van der Waals surface area contributed by atoms with Crippen LogP contribution in [0.2, 0.25) is 5.02 Å². The van der Waals surface area contributed by atoms with Crippen LogP contribution in [0.5, 0.6) is 0 Å². The van der Waals surface area contributed by atoms with E-state index in [1.807, 2.05) is 43.0 Å². The topological polar surface area (TPSA) is 45.3 Å². The van der Waals surface area contributed by atoms with Crippen molar-refractivity contribution in [2.75, 3.05) is 13.2 Å². The first-order valence-electron chi connectivity index (χ1n) is 6.75. The number of aromatic nitrogens is 1. The molecule has 1 saturated heterocycles. The van der Waals surface area contributed by atoms with Crippen LogP contribution in [0.3, 0.4) is 0 Å². The quantitative estimate of drug-likeness (QED) is 0.878. The number of nitrogens with zero attached hydrogens (tertiary/aromatic N) is 1. The first kappa shape index (κ1) is 13.5. The fourth-order valence-electron chi connectivity index (χ4n) is 2.56. The maximum atomic E-state index is 12.6. The number of hydrogen-bond donors (Lipinski definition) is 1. The van der Waals surface area contributed by atoms with E-state index in [0.29, 0.717) is 23.9 Å². The second kappa shape index (κ2) is 5.11. The molecular formula is C15H17ClN2O2. The van der Waals surface area contributed by atoms with Crippen LogP contribution in [0.15, 0.2) is 24.3 Å². The molecular weight excluding hydrogens is 276 g/mol. The molecule has 1 fully saturated rings. The molecule has 0 saturated carbocycles. The molecule has 2 unspecified atom stereocenters. The third-order valence-electron chi connectivity index (χ3n) is 3.68. The van der Waals surface area contributed by atoms with Gasteiger partial charge in [0.05, 0.1) is 18.8 Å². The number of halogens is 1. The summed E-state index contributed by atoms with van der Waals surface area (Å²) in [7, 11) is 0. The van der Waals surface area contributed by atoms with Crippen LogP contribution in [-0.2, 0) is 4.74 Å². The smallest absolute Gasteiger partial charge is 0.270 e. The van der Waals surface area contributed by atoms with E-state index < -0.39 is 0 Å². The van der Waals surface area contributed by atoms with E-state index in [2.05, 4.69) is 4.98 Å². The number of carbonyl (C=O) groups is 1. The number of ether oxygens (including phenoxy) is 1. The Morgan fingerprint density at radius 3 is 3.00 bits per heavy atom. The fourth-order valence-corrected chi connectivity index (χ4v) is 2.74. The van der Waals surface area contributed by atoms with Gasteiger partial charge in [0.2, 0.25) is 0 Å². The molecule has 1 aliphatic rings. The van der Waals surface area contributed by atoms with Crippen LogP contribution < -0.4 is 0 Å². The van der Waals surface area contributed by atoms with Crippen molar-refractivity contribution in [1.29, 1.82) is 0 Å². The van der Waals surface area contributed by atoms with E-state index in [9.17, 15) is 4.79 Å². The Labute approximate surface area is 122 Å². The standard InChI is InChI=1S/C15H17ClN2O2/c1-9-8-20-10(2)7-18(9)15(19)14-6-11-5-12(16)3-4-13(11)17-14/h3-6,9-10,17H,7-8H2,1-2H3. The van der Waals surface area contributed by atoms with Crippen LogP contribution in [-0.4, -0.2) is 41.1 Å². The number of morpholine rings is 1. The van der Waals surface area contributed by atoms with Crippen molar-refractivity contribution >= 4 is 28.4 Å². The molecule has 106 valence electrons. The zero-order valence-corrected chi connectivity index (χ0v) is 12.3. The van der Waals surface area contributed by atoms with Crippen molar-refractivity contribution in [2.24, 2.45) is 0 Å². The van der Waals surface area contributed by atoms with Crippen LogP contribution in [0.1, 0.15) is 24.3 Å². The van der Waals surface area contributed by atoms with Gasteiger partial charge in [0.1, 0.15) is 5.69 Å².